The molecule has 112 valence electrons. The number of halogens is 1. The highest BCUT2D eigenvalue weighted by Crippen LogP contribution is 2.38. The molecule has 1 amide bonds. The summed E-state index contributed by atoms with van der Waals surface area (Å²) >= 11 is 4.97. The Balaban J connectivity index is 2.03. The maximum Gasteiger partial charge on any atom is 0.266 e. The molecule has 0 aliphatic carbocycles. The molecule has 3 rings (SSSR count). The molecule has 21 heavy (non-hydrogen) atoms. The Kier molecular flexibility index (Phi) is 3.97. The van der Waals surface area contributed by atoms with Crippen LogP contribution in [0.4, 0.5) is 5.69 Å². The molecular formula is C16H19BrN2OS. The predicted octanol–water partition coefficient (Wildman–Crippen LogP) is 4.65. The highest BCUT2D eigenvalue weighted by Gasteiger charge is 2.35. The van der Waals surface area contributed by atoms with Gasteiger partial charge in [-0.25, -0.2) is 0 Å². The standard InChI is InChI=1S/C16H19BrN2OS/c1-3-11-6-4-9(2)19(11)16(20)15-14(18)12-8-10(17)5-7-13(12)21-15/h5,7-9,11H,3-4,6,18H2,1-2H3. The summed E-state index contributed by atoms with van der Waals surface area (Å²) in [6.45, 7) is 4.28. The van der Waals surface area contributed by atoms with E-state index in [1.54, 1.807) is 0 Å². The first-order chi connectivity index (χ1) is 10.0. The summed E-state index contributed by atoms with van der Waals surface area (Å²) in [6, 6.07) is 6.65. The number of rotatable bonds is 2. The molecule has 0 saturated carbocycles. The first-order valence-electron chi connectivity index (χ1n) is 7.33. The second kappa shape index (κ2) is 5.61. The summed E-state index contributed by atoms with van der Waals surface area (Å²) in [5, 5.41) is 0.970. The van der Waals surface area contributed by atoms with E-state index in [1.165, 1.54) is 11.3 Å². The SMILES string of the molecule is CCC1CCC(C)N1C(=O)c1sc2ccc(Br)cc2c1N. The van der Waals surface area contributed by atoms with Crippen LogP contribution >= 0.6 is 27.3 Å². The number of benzene rings is 1. The molecule has 1 aromatic carbocycles. The average Bonchev–Trinajstić information content (AvgIpc) is 2.99. The molecule has 2 unspecified atom stereocenters. The fraction of sp³-hybridized carbons (Fsp3) is 0.438. The van der Waals surface area contributed by atoms with Crippen LogP contribution in [0, 0.1) is 0 Å². The normalized spacial score (nSPS) is 22.1. The van der Waals surface area contributed by atoms with E-state index < -0.39 is 0 Å². The van der Waals surface area contributed by atoms with E-state index in [0.717, 1.165) is 33.8 Å². The van der Waals surface area contributed by atoms with Gasteiger partial charge in [-0.3, -0.25) is 4.79 Å². The van der Waals surface area contributed by atoms with Crippen molar-refractivity contribution < 1.29 is 4.79 Å². The van der Waals surface area contributed by atoms with Gasteiger partial charge in [-0.1, -0.05) is 22.9 Å². The van der Waals surface area contributed by atoms with E-state index in [9.17, 15) is 4.79 Å². The van der Waals surface area contributed by atoms with Crippen LogP contribution in [-0.2, 0) is 0 Å². The number of hydrogen-bond acceptors (Lipinski definition) is 3. The third-order valence-electron chi connectivity index (χ3n) is 4.37. The highest BCUT2D eigenvalue weighted by molar-refractivity contribution is 9.10. The van der Waals surface area contributed by atoms with Crippen LogP contribution < -0.4 is 5.73 Å². The fourth-order valence-corrected chi connectivity index (χ4v) is 4.61. The predicted molar refractivity (Wildman–Crippen MR) is 92.9 cm³/mol. The monoisotopic (exact) mass is 366 g/mol. The minimum absolute atomic E-state index is 0.0988. The molecule has 5 heteroatoms. The number of carbonyl (C=O) groups is 1. The number of thiophene rings is 1. The molecule has 2 aromatic rings. The highest BCUT2D eigenvalue weighted by atomic mass is 79.9. The number of fused-ring (bicyclic) bond motifs is 1. The zero-order chi connectivity index (χ0) is 15.1. The Bertz CT molecular complexity index is 697. The fourth-order valence-electron chi connectivity index (χ4n) is 3.20. The van der Waals surface area contributed by atoms with Crippen LogP contribution in [0.2, 0.25) is 0 Å². The molecular weight excluding hydrogens is 348 g/mol. The largest absolute Gasteiger partial charge is 0.397 e. The molecule has 1 saturated heterocycles. The van der Waals surface area contributed by atoms with Crippen molar-refractivity contribution in [3.05, 3.63) is 27.5 Å². The van der Waals surface area contributed by atoms with Crippen molar-refractivity contribution in [1.29, 1.82) is 0 Å². The molecule has 1 aliphatic rings. The molecule has 0 radical (unpaired) electrons. The number of amides is 1. The van der Waals surface area contributed by atoms with E-state index in [1.807, 2.05) is 23.1 Å². The molecule has 1 aliphatic heterocycles. The van der Waals surface area contributed by atoms with E-state index in [4.69, 9.17) is 5.73 Å². The van der Waals surface area contributed by atoms with E-state index in [-0.39, 0.29) is 5.91 Å². The Labute approximate surface area is 137 Å². The first-order valence-corrected chi connectivity index (χ1v) is 8.94. The molecule has 1 fully saturated rings. The topological polar surface area (TPSA) is 46.3 Å². The van der Waals surface area contributed by atoms with Crippen molar-refractivity contribution in [2.45, 2.75) is 45.2 Å². The van der Waals surface area contributed by atoms with Gasteiger partial charge in [0, 0.05) is 26.6 Å². The van der Waals surface area contributed by atoms with Gasteiger partial charge in [0.2, 0.25) is 0 Å². The zero-order valence-corrected chi connectivity index (χ0v) is 14.6. The lowest BCUT2D eigenvalue weighted by Crippen LogP contribution is -2.39. The van der Waals surface area contributed by atoms with Crippen LogP contribution in [0.1, 0.15) is 42.8 Å². The number of anilines is 1. The molecule has 0 bridgehead atoms. The Hall–Kier alpha value is -1.07. The van der Waals surface area contributed by atoms with Gasteiger partial charge in [-0.2, -0.15) is 0 Å². The number of nitrogens with zero attached hydrogens (tertiary/aromatic N) is 1. The van der Waals surface area contributed by atoms with Gasteiger partial charge in [-0.15, -0.1) is 11.3 Å². The van der Waals surface area contributed by atoms with Crippen molar-refractivity contribution >= 4 is 48.9 Å². The Morgan fingerprint density at radius 2 is 2.24 bits per heavy atom. The Morgan fingerprint density at radius 1 is 1.48 bits per heavy atom. The lowest BCUT2D eigenvalue weighted by atomic mass is 10.1. The van der Waals surface area contributed by atoms with Crippen molar-refractivity contribution in [3.63, 3.8) is 0 Å². The third kappa shape index (κ3) is 2.46. The van der Waals surface area contributed by atoms with Gasteiger partial charge in [-0.05, 0) is 44.4 Å². The first kappa shape index (κ1) is 14.9. The maximum atomic E-state index is 12.9. The van der Waals surface area contributed by atoms with Crippen LogP contribution in [0.5, 0.6) is 0 Å². The van der Waals surface area contributed by atoms with Crippen LogP contribution in [0.15, 0.2) is 22.7 Å². The van der Waals surface area contributed by atoms with E-state index in [2.05, 4.69) is 29.8 Å². The smallest absolute Gasteiger partial charge is 0.266 e. The minimum atomic E-state index is 0.0988. The number of likely N-dealkylation sites (tertiary alicyclic amines) is 1. The summed E-state index contributed by atoms with van der Waals surface area (Å²) in [6.07, 6.45) is 3.19. The van der Waals surface area contributed by atoms with Crippen molar-refractivity contribution in [3.8, 4) is 0 Å². The van der Waals surface area contributed by atoms with Gasteiger partial charge in [0.15, 0.2) is 0 Å². The summed E-state index contributed by atoms with van der Waals surface area (Å²) in [7, 11) is 0. The van der Waals surface area contributed by atoms with Crippen molar-refractivity contribution in [2.75, 3.05) is 5.73 Å². The second-order valence-electron chi connectivity index (χ2n) is 5.69. The average molecular weight is 367 g/mol. The lowest BCUT2D eigenvalue weighted by Gasteiger charge is -2.27. The van der Waals surface area contributed by atoms with Crippen LogP contribution in [0.25, 0.3) is 10.1 Å². The molecule has 2 N–H and O–H groups in total. The van der Waals surface area contributed by atoms with Gasteiger partial charge >= 0.3 is 0 Å². The van der Waals surface area contributed by atoms with Gasteiger partial charge in [0.1, 0.15) is 4.88 Å². The molecule has 2 atom stereocenters. The molecule has 0 spiro atoms. The molecule has 1 aromatic heterocycles. The van der Waals surface area contributed by atoms with Gasteiger partial charge in [0.25, 0.3) is 5.91 Å². The lowest BCUT2D eigenvalue weighted by molar-refractivity contribution is 0.0682. The van der Waals surface area contributed by atoms with E-state index >= 15 is 0 Å². The molecule has 3 nitrogen and oxygen atoms in total. The summed E-state index contributed by atoms with van der Waals surface area (Å²) in [5.41, 5.74) is 6.87. The quantitative estimate of drug-likeness (QED) is 0.840. The van der Waals surface area contributed by atoms with Gasteiger partial charge < -0.3 is 10.6 Å². The number of carbonyl (C=O) groups excluding carboxylic acids is 1. The second-order valence-corrected chi connectivity index (χ2v) is 7.65. The molecule has 2 heterocycles. The van der Waals surface area contributed by atoms with Crippen LogP contribution in [0.3, 0.4) is 0 Å². The number of nitrogens with two attached hydrogens (primary N) is 1. The maximum absolute atomic E-state index is 12.9. The minimum Gasteiger partial charge on any atom is -0.397 e. The number of nitrogen functional groups attached to an aromatic ring is 1. The number of hydrogen-bond donors (Lipinski definition) is 1. The third-order valence-corrected chi connectivity index (χ3v) is 6.04. The van der Waals surface area contributed by atoms with Gasteiger partial charge in [0.05, 0.1) is 5.69 Å². The van der Waals surface area contributed by atoms with Crippen LogP contribution in [-0.4, -0.2) is 22.9 Å². The zero-order valence-electron chi connectivity index (χ0n) is 12.2. The van der Waals surface area contributed by atoms with Crippen molar-refractivity contribution in [1.82, 2.24) is 4.90 Å². The summed E-state index contributed by atoms with van der Waals surface area (Å²) < 4.78 is 2.05. The Morgan fingerprint density at radius 3 is 2.95 bits per heavy atom. The summed E-state index contributed by atoms with van der Waals surface area (Å²) in [4.78, 5) is 15.7. The summed E-state index contributed by atoms with van der Waals surface area (Å²) in [5.74, 6) is 0.0988. The van der Waals surface area contributed by atoms with Crippen molar-refractivity contribution in [2.24, 2.45) is 0 Å². The van der Waals surface area contributed by atoms with E-state index in [0.29, 0.717) is 22.6 Å².